The van der Waals surface area contributed by atoms with Gasteiger partial charge in [-0.2, -0.15) is 5.10 Å². The number of hydrogen-bond donors (Lipinski definition) is 2. The number of nitrogen functional groups attached to an aromatic ring is 1. The van der Waals surface area contributed by atoms with E-state index >= 15 is 0 Å². The zero-order chi connectivity index (χ0) is 28.5. The van der Waals surface area contributed by atoms with E-state index in [0.717, 1.165) is 10.9 Å². The Labute approximate surface area is 235 Å². The third kappa shape index (κ3) is 4.70. The fourth-order valence-corrected chi connectivity index (χ4v) is 4.95. The van der Waals surface area contributed by atoms with Gasteiger partial charge in [-0.05, 0) is 42.1 Å². The second-order valence-electron chi connectivity index (χ2n) is 9.55. The number of hydrogen-bond acceptors (Lipinski definition) is 6. The third-order valence-electron chi connectivity index (χ3n) is 6.86. The Morgan fingerprint density at radius 1 is 1.10 bits per heavy atom. The second-order valence-corrected chi connectivity index (χ2v) is 9.55. The quantitative estimate of drug-likeness (QED) is 0.321. The van der Waals surface area contributed by atoms with Crippen molar-refractivity contribution in [2.24, 2.45) is 7.05 Å². The Morgan fingerprint density at radius 2 is 1.93 bits per heavy atom. The number of anilines is 1. The summed E-state index contributed by atoms with van der Waals surface area (Å²) in [5, 5.41) is 12.7. The lowest BCUT2D eigenvalue weighted by Gasteiger charge is -2.23. The monoisotopic (exact) mass is 542 g/mol. The molecule has 4 heterocycles. The van der Waals surface area contributed by atoms with E-state index in [4.69, 9.17) is 5.73 Å². The van der Waals surface area contributed by atoms with Crippen molar-refractivity contribution < 1.29 is 4.79 Å². The van der Waals surface area contributed by atoms with Gasteiger partial charge in [-0.15, -0.1) is 5.10 Å². The Morgan fingerprint density at radius 3 is 2.68 bits per heavy atom. The molecule has 0 aliphatic carbocycles. The number of fused-ring (bicyclic) bond motifs is 2. The lowest BCUT2D eigenvalue weighted by molar-refractivity contribution is 0.0936. The molecule has 1 atom stereocenters. The number of pyridine rings is 1. The van der Waals surface area contributed by atoms with E-state index in [1.807, 2.05) is 74.8 Å². The molecule has 3 N–H and O–H groups in total. The average Bonchev–Trinajstić information content (AvgIpc) is 3.56. The molecule has 0 fully saturated rings. The SMILES string of the molecule is CCC(NC(=O)c1c(N)nn2cccnc12)c1cc2cccc(C#Cc3cnn(C)c3)c2c(=O)n1-c1ccccc1. The summed E-state index contributed by atoms with van der Waals surface area (Å²) < 4.78 is 4.79. The van der Waals surface area contributed by atoms with E-state index in [0.29, 0.717) is 34.4 Å². The Bertz CT molecular complexity index is 2040. The van der Waals surface area contributed by atoms with Crippen LogP contribution in [0.4, 0.5) is 5.82 Å². The van der Waals surface area contributed by atoms with Crippen LogP contribution in [0.5, 0.6) is 0 Å². The van der Waals surface area contributed by atoms with Gasteiger partial charge in [0.25, 0.3) is 11.5 Å². The highest BCUT2D eigenvalue weighted by Gasteiger charge is 2.25. The van der Waals surface area contributed by atoms with Gasteiger partial charge in [0, 0.05) is 42.6 Å². The number of rotatable bonds is 5. The first-order valence-electron chi connectivity index (χ1n) is 13.1. The molecule has 1 unspecified atom stereocenters. The molecule has 0 aliphatic rings. The molecule has 0 saturated heterocycles. The molecule has 6 rings (SSSR count). The maximum Gasteiger partial charge on any atom is 0.264 e. The van der Waals surface area contributed by atoms with Crippen LogP contribution in [0.1, 0.15) is 46.6 Å². The molecule has 6 aromatic rings. The number of para-hydroxylation sites is 1. The number of aryl methyl sites for hydroxylation is 1. The van der Waals surface area contributed by atoms with Crippen molar-refractivity contribution in [1.82, 2.24) is 34.3 Å². The average molecular weight is 543 g/mol. The van der Waals surface area contributed by atoms with Crippen LogP contribution in [0.2, 0.25) is 0 Å². The van der Waals surface area contributed by atoms with Crippen molar-refractivity contribution in [2.75, 3.05) is 5.73 Å². The summed E-state index contributed by atoms with van der Waals surface area (Å²) >= 11 is 0. The molecule has 41 heavy (non-hydrogen) atoms. The van der Waals surface area contributed by atoms with Gasteiger partial charge in [0.15, 0.2) is 11.5 Å². The molecule has 202 valence electrons. The highest BCUT2D eigenvalue weighted by molar-refractivity contribution is 6.04. The molecule has 2 aromatic carbocycles. The van der Waals surface area contributed by atoms with E-state index in [1.165, 1.54) is 4.52 Å². The summed E-state index contributed by atoms with van der Waals surface area (Å²) in [7, 11) is 1.83. The molecule has 0 bridgehead atoms. The van der Waals surface area contributed by atoms with E-state index in [-0.39, 0.29) is 16.9 Å². The zero-order valence-electron chi connectivity index (χ0n) is 22.4. The van der Waals surface area contributed by atoms with Crippen molar-refractivity contribution in [3.8, 4) is 17.5 Å². The maximum absolute atomic E-state index is 14.3. The van der Waals surface area contributed by atoms with Gasteiger partial charge in [0.1, 0.15) is 5.56 Å². The lowest BCUT2D eigenvalue weighted by atomic mass is 10.0. The molecule has 0 aliphatic heterocycles. The highest BCUT2D eigenvalue weighted by atomic mass is 16.2. The molecule has 0 saturated carbocycles. The fourth-order valence-electron chi connectivity index (χ4n) is 4.95. The van der Waals surface area contributed by atoms with E-state index in [9.17, 15) is 9.59 Å². The van der Waals surface area contributed by atoms with Crippen LogP contribution in [-0.2, 0) is 7.05 Å². The van der Waals surface area contributed by atoms with Gasteiger partial charge in [-0.1, -0.05) is 49.1 Å². The number of aromatic nitrogens is 6. The normalized spacial score (nSPS) is 11.8. The van der Waals surface area contributed by atoms with Gasteiger partial charge in [0.05, 0.1) is 23.2 Å². The predicted octanol–water partition coefficient (Wildman–Crippen LogP) is 3.63. The standard InChI is InChI=1S/C31H26N8O2/c1-3-24(35-30(40)27-28(32)36-38-16-8-15-33-29(27)38)25-17-22-10-7-9-21(14-13-20-18-34-37(2)19-20)26(22)31(41)39(25)23-11-5-4-6-12-23/h4-12,15-19,24H,3H2,1-2H3,(H2,32,36)(H,35,40). The predicted molar refractivity (Wildman–Crippen MR) is 157 cm³/mol. The Hall–Kier alpha value is -5.69. The number of benzene rings is 2. The zero-order valence-corrected chi connectivity index (χ0v) is 22.4. The maximum atomic E-state index is 14.3. The largest absolute Gasteiger partial charge is 0.381 e. The molecule has 10 nitrogen and oxygen atoms in total. The van der Waals surface area contributed by atoms with E-state index < -0.39 is 11.9 Å². The van der Waals surface area contributed by atoms with Crippen LogP contribution in [0, 0.1) is 11.8 Å². The van der Waals surface area contributed by atoms with Crippen molar-refractivity contribution >= 4 is 28.1 Å². The van der Waals surface area contributed by atoms with Crippen LogP contribution in [0.15, 0.2) is 90.2 Å². The summed E-state index contributed by atoms with van der Waals surface area (Å²) in [5.41, 5.74) is 9.08. The molecular weight excluding hydrogens is 516 g/mol. The topological polar surface area (TPSA) is 125 Å². The number of nitrogens with zero attached hydrogens (tertiary/aromatic N) is 6. The van der Waals surface area contributed by atoms with Gasteiger partial charge in [-0.3, -0.25) is 18.8 Å². The number of carbonyl (C=O) groups excluding carboxylic acids is 1. The van der Waals surface area contributed by atoms with Crippen LogP contribution in [0.3, 0.4) is 0 Å². The summed E-state index contributed by atoms with van der Waals surface area (Å²) in [6.07, 6.45) is 7.27. The molecule has 1 amide bonds. The molecule has 4 aromatic heterocycles. The number of nitrogens with one attached hydrogen (secondary N) is 1. The summed E-state index contributed by atoms with van der Waals surface area (Å²) in [5.74, 6) is 5.91. The van der Waals surface area contributed by atoms with Gasteiger partial charge in [-0.25, -0.2) is 9.50 Å². The van der Waals surface area contributed by atoms with Gasteiger partial charge >= 0.3 is 0 Å². The van der Waals surface area contributed by atoms with Crippen LogP contribution in [-0.4, -0.2) is 34.9 Å². The molecule has 0 radical (unpaired) electrons. The number of carbonyl (C=O) groups is 1. The van der Waals surface area contributed by atoms with Crippen LogP contribution >= 0.6 is 0 Å². The van der Waals surface area contributed by atoms with E-state index in [1.54, 1.807) is 33.9 Å². The van der Waals surface area contributed by atoms with Crippen molar-refractivity contribution in [3.05, 3.63) is 118 Å². The lowest BCUT2D eigenvalue weighted by Crippen LogP contribution is -2.33. The van der Waals surface area contributed by atoms with Crippen molar-refractivity contribution in [2.45, 2.75) is 19.4 Å². The first-order valence-corrected chi connectivity index (χ1v) is 13.1. The second kappa shape index (κ2) is 10.5. The Balaban J connectivity index is 1.50. The first-order chi connectivity index (χ1) is 19.9. The van der Waals surface area contributed by atoms with Crippen LogP contribution in [0.25, 0.3) is 22.1 Å². The molecular formula is C31H26N8O2. The first kappa shape index (κ1) is 25.6. The highest BCUT2D eigenvalue weighted by Crippen LogP contribution is 2.26. The van der Waals surface area contributed by atoms with Crippen LogP contribution < -0.4 is 16.6 Å². The summed E-state index contributed by atoms with van der Waals surface area (Å²) in [6, 6.07) is 18.1. The van der Waals surface area contributed by atoms with Crippen molar-refractivity contribution in [1.29, 1.82) is 0 Å². The Kier molecular flexibility index (Phi) is 6.53. The minimum absolute atomic E-state index is 0.0758. The van der Waals surface area contributed by atoms with Gasteiger partial charge in [0.2, 0.25) is 0 Å². The van der Waals surface area contributed by atoms with Crippen molar-refractivity contribution in [3.63, 3.8) is 0 Å². The summed E-state index contributed by atoms with van der Waals surface area (Å²) in [6.45, 7) is 1.95. The van der Waals surface area contributed by atoms with Gasteiger partial charge < -0.3 is 11.1 Å². The minimum atomic E-state index is -0.525. The summed E-state index contributed by atoms with van der Waals surface area (Å²) in [4.78, 5) is 32.1. The minimum Gasteiger partial charge on any atom is -0.381 e. The third-order valence-corrected chi connectivity index (χ3v) is 6.86. The number of nitrogens with two attached hydrogens (primary N) is 1. The fraction of sp³-hybridized carbons (Fsp3) is 0.129. The van der Waals surface area contributed by atoms with E-state index in [2.05, 4.69) is 32.3 Å². The molecule has 0 spiro atoms. The molecule has 10 heteroatoms. The smallest absolute Gasteiger partial charge is 0.264 e. The number of amides is 1.